The monoisotopic (exact) mass is 364 g/mol. The molecule has 3 heterocycles. The second kappa shape index (κ2) is 6.39. The predicted octanol–water partition coefficient (Wildman–Crippen LogP) is 3.15. The maximum atomic E-state index is 12.8. The number of amides is 1. The van der Waals surface area contributed by atoms with Gasteiger partial charge < -0.3 is 10.2 Å². The molecule has 1 amide bonds. The Bertz CT molecular complexity index is 776. The van der Waals surface area contributed by atoms with Gasteiger partial charge in [-0.05, 0) is 37.5 Å². The summed E-state index contributed by atoms with van der Waals surface area (Å²) >= 11 is 12.1. The molecular weight excluding hydrogens is 347 g/mol. The number of fused-ring (bicyclic) bond motifs is 2. The molecule has 7 heteroatoms. The van der Waals surface area contributed by atoms with E-state index in [1.807, 2.05) is 4.90 Å². The number of aromatic nitrogens is 2. The summed E-state index contributed by atoms with van der Waals surface area (Å²) in [6.07, 6.45) is 6.71. The summed E-state index contributed by atoms with van der Waals surface area (Å²) in [6, 6.07) is 6.19. The van der Waals surface area contributed by atoms with Gasteiger partial charge in [-0.15, -0.1) is 0 Å². The van der Waals surface area contributed by atoms with Crippen LogP contribution in [0.5, 0.6) is 0 Å². The molecule has 2 aliphatic heterocycles. The van der Waals surface area contributed by atoms with E-state index in [1.165, 1.54) is 6.42 Å². The van der Waals surface area contributed by atoms with E-state index in [2.05, 4.69) is 10.4 Å². The molecule has 2 aliphatic rings. The first-order chi connectivity index (χ1) is 11.6. The Morgan fingerprint density at radius 3 is 2.88 bits per heavy atom. The average molecular weight is 365 g/mol. The summed E-state index contributed by atoms with van der Waals surface area (Å²) in [5, 5.41) is 8.95. The fourth-order valence-corrected chi connectivity index (χ4v) is 4.04. The maximum Gasteiger partial charge on any atom is 0.257 e. The summed E-state index contributed by atoms with van der Waals surface area (Å²) in [7, 11) is 0. The molecule has 126 valence electrons. The summed E-state index contributed by atoms with van der Waals surface area (Å²) in [5.41, 5.74) is 1.29. The number of hydrogen-bond acceptors (Lipinski definition) is 3. The minimum absolute atomic E-state index is 0.0284. The lowest BCUT2D eigenvalue weighted by Gasteiger charge is -2.23. The first kappa shape index (κ1) is 15.9. The van der Waals surface area contributed by atoms with Gasteiger partial charge in [-0.2, -0.15) is 5.10 Å². The molecule has 2 fully saturated rings. The second-order valence-electron chi connectivity index (χ2n) is 6.45. The molecule has 1 aromatic carbocycles. The smallest absolute Gasteiger partial charge is 0.257 e. The Kier molecular flexibility index (Phi) is 4.24. The minimum Gasteiger partial charge on any atom is -0.337 e. The SMILES string of the molecule is O=C(c1cnn(-c2ccc(Cl)cc2Cl)c1)N1CCC2CCC(C1)N2. The van der Waals surface area contributed by atoms with E-state index in [-0.39, 0.29) is 5.91 Å². The van der Waals surface area contributed by atoms with Crippen molar-refractivity contribution in [1.82, 2.24) is 20.0 Å². The van der Waals surface area contributed by atoms with Crippen molar-refractivity contribution in [1.29, 1.82) is 0 Å². The number of halogens is 2. The van der Waals surface area contributed by atoms with Gasteiger partial charge >= 0.3 is 0 Å². The highest BCUT2D eigenvalue weighted by molar-refractivity contribution is 6.35. The van der Waals surface area contributed by atoms with E-state index in [9.17, 15) is 4.79 Å². The van der Waals surface area contributed by atoms with Crippen LogP contribution in [0.2, 0.25) is 10.0 Å². The van der Waals surface area contributed by atoms with Crippen molar-refractivity contribution in [2.75, 3.05) is 13.1 Å². The Morgan fingerprint density at radius 2 is 2.04 bits per heavy atom. The molecule has 4 rings (SSSR count). The fraction of sp³-hybridized carbons (Fsp3) is 0.412. The fourth-order valence-electron chi connectivity index (χ4n) is 3.54. The average Bonchev–Trinajstić information content (AvgIpc) is 3.13. The molecule has 24 heavy (non-hydrogen) atoms. The predicted molar refractivity (Wildman–Crippen MR) is 94.1 cm³/mol. The Labute approximate surface area is 150 Å². The van der Waals surface area contributed by atoms with Crippen molar-refractivity contribution >= 4 is 29.1 Å². The molecule has 2 unspecified atom stereocenters. The van der Waals surface area contributed by atoms with Gasteiger partial charge in [-0.25, -0.2) is 4.68 Å². The number of carbonyl (C=O) groups is 1. The van der Waals surface area contributed by atoms with Gasteiger partial charge in [0.15, 0.2) is 0 Å². The van der Waals surface area contributed by atoms with Crippen LogP contribution in [0.1, 0.15) is 29.6 Å². The quantitative estimate of drug-likeness (QED) is 0.890. The number of carbonyl (C=O) groups excluding carboxylic acids is 1. The lowest BCUT2D eigenvalue weighted by Crippen LogP contribution is -2.38. The second-order valence-corrected chi connectivity index (χ2v) is 7.29. The number of rotatable bonds is 2. The molecule has 1 N–H and O–H groups in total. The topological polar surface area (TPSA) is 50.2 Å². The Hall–Kier alpha value is -1.56. The van der Waals surface area contributed by atoms with Gasteiger partial charge in [0.2, 0.25) is 0 Å². The molecule has 2 atom stereocenters. The lowest BCUT2D eigenvalue weighted by atomic mass is 10.1. The zero-order valence-corrected chi connectivity index (χ0v) is 14.6. The summed E-state index contributed by atoms with van der Waals surface area (Å²) in [4.78, 5) is 14.7. The lowest BCUT2D eigenvalue weighted by molar-refractivity contribution is 0.0748. The third-order valence-electron chi connectivity index (χ3n) is 4.80. The van der Waals surface area contributed by atoms with E-state index in [0.29, 0.717) is 33.4 Å². The summed E-state index contributed by atoms with van der Waals surface area (Å²) in [5.74, 6) is 0.0284. The minimum atomic E-state index is 0.0284. The molecule has 0 aliphatic carbocycles. The standard InChI is InChI=1S/C17H18Cl2N4O/c18-12-1-4-16(15(19)7-12)23-9-11(8-20-23)17(24)22-6-5-13-2-3-14(10-22)21-13/h1,4,7-9,13-14,21H,2-3,5-6,10H2. The van der Waals surface area contributed by atoms with Crippen molar-refractivity contribution in [3.63, 3.8) is 0 Å². The van der Waals surface area contributed by atoms with Crippen LogP contribution < -0.4 is 5.32 Å². The van der Waals surface area contributed by atoms with Crippen LogP contribution in [-0.4, -0.2) is 45.8 Å². The zero-order valence-electron chi connectivity index (χ0n) is 13.1. The molecule has 2 bridgehead atoms. The largest absolute Gasteiger partial charge is 0.337 e. The number of hydrogen-bond donors (Lipinski definition) is 1. The van der Waals surface area contributed by atoms with Crippen LogP contribution in [0.25, 0.3) is 5.69 Å². The highest BCUT2D eigenvalue weighted by Crippen LogP contribution is 2.25. The van der Waals surface area contributed by atoms with Gasteiger partial charge in [0, 0.05) is 36.4 Å². The third-order valence-corrected chi connectivity index (χ3v) is 5.33. The number of likely N-dealkylation sites (tertiary alicyclic amines) is 1. The Balaban J connectivity index is 1.54. The molecular formula is C17H18Cl2N4O. The van der Waals surface area contributed by atoms with Crippen molar-refractivity contribution in [3.8, 4) is 5.69 Å². The van der Waals surface area contributed by atoms with Crippen LogP contribution in [0, 0.1) is 0 Å². The van der Waals surface area contributed by atoms with E-state index >= 15 is 0 Å². The molecule has 2 saturated heterocycles. The van der Waals surface area contributed by atoms with Crippen molar-refractivity contribution in [3.05, 3.63) is 46.2 Å². The van der Waals surface area contributed by atoms with Gasteiger partial charge in [0.1, 0.15) is 0 Å². The van der Waals surface area contributed by atoms with Gasteiger partial charge in [-0.1, -0.05) is 23.2 Å². The van der Waals surface area contributed by atoms with Gasteiger partial charge in [0.25, 0.3) is 5.91 Å². The summed E-state index contributed by atoms with van der Waals surface area (Å²) in [6.45, 7) is 1.56. The normalized spacial score (nSPS) is 23.3. The van der Waals surface area contributed by atoms with Gasteiger partial charge in [0.05, 0.1) is 22.5 Å². The third kappa shape index (κ3) is 3.04. The maximum absolute atomic E-state index is 12.8. The Morgan fingerprint density at radius 1 is 1.21 bits per heavy atom. The van der Waals surface area contributed by atoms with E-state index in [1.54, 1.807) is 35.3 Å². The molecule has 0 saturated carbocycles. The number of benzene rings is 1. The van der Waals surface area contributed by atoms with E-state index in [0.717, 1.165) is 25.9 Å². The number of nitrogens with zero attached hydrogens (tertiary/aromatic N) is 3. The molecule has 1 aromatic heterocycles. The van der Waals surface area contributed by atoms with Crippen molar-refractivity contribution in [2.45, 2.75) is 31.3 Å². The van der Waals surface area contributed by atoms with Crippen molar-refractivity contribution in [2.24, 2.45) is 0 Å². The van der Waals surface area contributed by atoms with Crippen LogP contribution in [0.4, 0.5) is 0 Å². The first-order valence-electron chi connectivity index (χ1n) is 8.15. The highest BCUT2D eigenvalue weighted by atomic mass is 35.5. The van der Waals surface area contributed by atoms with E-state index < -0.39 is 0 Å². The van der Waals surface area contributed by atoms with Gasteiger partial charge in [-0.3, -0.25) is 4.79 Å². The number of nitrogens with one attached hydrogen (secondary N) is 1. The van der Waals surface area contributed by atoms with Crippen LogP contribution in [-0.2, 0) is 0 Å². The molecule has 0 spiro atoms. The van der Waals surface area contributed by atoms with E-state index in [4.69, 9.17) is 23.2 Å². The molecule has 5 nitrogen and oxygen atoms in total. The van der Waals surface area contributed by atoms with Crippen molar-refractivity contribution < 1.29 is 4.79 Å². The summed E-state index contributed by atoms with van der Waals surface area (Å²) < 4.78 is 1.62. The van der Waals surface area contributed by atoms with Crippen LogP contribution >= 0.6 is 23.2 Å². The van der Waals surface area contributed by atoms with Crippen LogP contribution in [0.3, 0.4) is 0 Å². The highest BCUT2D eigenvalue weighted by Gasteiger charge is 2.31. The van der Waals surface area contributed by atoms with Crippen LogP contribution in [0.15, 0.2) is 30.6 Å². The zero-order chi connectivity index (χ0) is 16.7. The molecule has 0 radical (unpaired) electrons. The molecule has 2 aromatic rings. The first-order valence-corrected chi connectivity index (χ1v) is 8.91.